The van der Waals surface area contributed by atoms with Gasteiger partial charge in [0.05, 0.1) is 10.4 Å². The summed E-state index contributed by atoms with van der Waals surface area (Å²) in [6, 6.07) is -0.542. The third kappa shape index (κ3) is 2.74. The lowest BCUT2D eigenvalue weighted by molar-refractivity contribution is -0.135. The highest BCUT2D eigenvalue weighted by Gasteiger charge is 2.53. The van der Waals surface area contributed by atoms with Crippen molar-refractivity contribution in [3.63, 3.8) is 0 Å². The van der Waals surface area contributed by atoms with Gasteiger partial charge >= 0.3 is 0 Å². The van der Waals surface area contributed by atoms with E-state index < -0.39 is 11.5 Å². The number of hydrogen-bond acceptors (Lipinski definition) is 3. The fraction of sp³-hybridized carbons (Fsp3) is 0.727. The molecule has 3 N–H and O–H groups in total. The molecule has 0 aromatic carbocycles. The molecule has 1 unspecified atom stereocenters. The first-order valence-electron chi connectivity index (χ1n) is 5.71. The molecule has 2 amide bonds. The van der Waals surface area contributed by atoms with Gasteiger partial charge in [-0.3, -0.25) is 9.59 Å². The number of nitrogens with one attached hydrogen (secondary N) is 1. The molecule has 0 radical (unpaired) electrons. The van der Waals surface area contributed by atoms with Gasteiger partial charge in [0.25, 0.3) is 0 Å². The summed E-state index contributed by atoms with van der Waals surface area (Å²) in [4.78, 5) is 25.5. The topological polar surface area (TPSA) is 75.4 Å². The summed E-state index contributed by atoms with van der Waals surface area (Å²) < 4.78 is 0. The van der Waals surface area contributed by atoms with Crippen LogP contribution in [0.3, 0.4) is 0 Å². The number of hydrogen-bond donors (Lipinski definition) is 2. The van der Waals surface area contributed by atoms with E-state index in [2.05, 4.69) is 5.32 Å². The molecular weight excluding hydrogens is 238 g/mol. The molecule has 0 aliphatic heterocycles. The van der Waals surface area contributed by atoms with Crippen LogP contribution in [0.1, 0.15) is 26.7 Å². The zero-order chi connectivity index (χ0) is 13.2. The van der Waals surface area contributed by atoms with E-state index in [-0.39, 0.29) is 16.8 Å². The number of carbonyl (C=O) groups excluding carboxylic acids is 2. The Bertz CT molecular complexity index is 353. The molecule has 1 fully saturated rings. The van der Waals surface area contributed by atoms with Crippen molar-refractivity contribution in [3.8, 4) is 0 Å². The lowest BCUT2D eigenvalue weighted by Gasteiger charge is -2.22. The van der Waals surface area contributed by atoms with Crippen LogP contribution in [0.4, 0.5) is 0 Å². The molecule has 0 heterocycles. The van der Waals surface area contributed by atoms with Crippen LogP contribution >= 0.6 is 12.2 Å². The minimum Gasteiger partial charge on any atom is -0.392 e. The number of likely N-dealkylation sites (N-methyl/N-ethyl adjacent to an activating group) is 1. The Morgan fingerprint density at radius 3 is 2.41 bits per heavy atom. The van der Waals surface area contributed by atoms with E-state index in [4.69, 9.17) is 18.0 Å². The molecule has 1 aliphatic rings. The Morgan fingerprint density at radius 2 is 2.06 bits per heavy atom. The normalized spacial score (nSPS) is 18.1. The van der Waals surface area contributed by atoms with Crippen molar-refractivity contribution in [1.29, 1.82) is 0 Å². The number of nitrogens with zero attached hydrogens (tertiary/aromatic N) is 1. The fourth-order valence-electron chi connectivity index (χ4n) is 1.59. The van der Waals surface area contributed by atoms with Crippen molar-refractivity contribution in [1.82, 2.24) is 10.2 Å². The highest BCUT2D eigenvalue weighted by atomic mass is 32.1. The SMILES string of the molecule is CCN(C)C(=O)C(C)NC(=O)C1(C(N)=S)CC1. The molecule has 1 saturated carbocycles. The molecule has 1 atom stereocenters. The van der Waals surface area contributed by atoms with Crippen molar-refractivity contribution in [2.75, 3.05) is 13.6 Å². The van der Waals surface area contributed by atoms with Crippen molar-refractivity contribution in [2.45, 2.75) is 32.7 Å². The van der Waals surface area contributed by atoms with E-state index in [1.54, 1.807) is 18.9 Å². The predicted molar refractivity (Wildman–Crippen MR) is 69.4 cm³/mol. The van der Waals surface area contributed by atoms with Gasteiger partial charge in [0.1, 0.15) is 6.04 Å². The fourth-order valence-corrected chi connectivity index (χ4v) is 1.89. The second-order valence-corrected chi connectivity index (χ2v) is 4.93. The van der Waals surface area contributed by atoms with E-state index in [9.17, 15) is 9.59 Å². The molecule has 0 saturated heterocycles. The Labute approximate surface area is 107 Å². The summed E-state index contributed by atoms with van der Waals surface area (Å²) in [5, 5.41) is 2.68. The quantitative estimate of drug-likeness (QED) is 0.682. The molecular formula is C11H19N3O2S. The maximum atomic E-state index is 11.9. The summed E-state index contributed by atoms with van der Waals surface area (Å²) in [5.74, 6) is -0.338. The maximum absolute atomic E-state index is 11.9. The number of nitrogens with two attached hydrogens (primary N) is 1. The Hall–Kier alpha value is -1.17. The highest BCUT2D eigenvalue weighted by molar-refractivity contribution is 7.80. The summed E-state index contributed by atoms with van der Waals surface area (Å²) >= 11 is 4.88. The second kappa shape index (κ2) is 5.00. The minimum atomic E-state index is -0.700. The Balaban J connectivity index is 2.58. The first kappa shape index (κ1) is 13.9. The standard InChI is InChI=1S/C11H19N3O2S/c1-4-14(3)8(15)7(2)13-10(16)11(5-6-11)9(12)17/h7H,4-6H2,1-3H3,(H2,12,17)(H,13,16). The van der Waals surface area contributed by atoms with Gasteiger partial charge in [-0.15, -0.1) is 0 Å². The van der Waals surface area contributed by atoms with Crippen LogP contribution in [0, 0.1) is 5.41 Å². The zero-order valence-electron chi connectivity index (χ0n) is 10.4. The van der Waals surface area contributed by atoms with Crippen LogP contribution in [-0.2, 0) is 9.59 Å². The van der Waals surface area contributed by atoms with Crippen LogP contribution in [0.2, 0.25) is 0 Å². The molecule has 0 bridgehead atoms. The highest BCUT2D eigenvalue weighted by Crippen LogP contribution is 2.46. The van der Waals surface area contributed by atoms with Gasteiger partial charge in [-0.25, -0.2) is 0 Å². The summed E-state index contributed by atoms with van der Waals surface area (Å²) in [5.41, 5.74) is 4.85. The number of carbonyl (C=O) groups is 2. The van der Waals surface area contributed by atoms with Gasteiger partial charge in [-0.2, -0.15) is 0 Å². The smallest absolute Gasteiger partial charge is 0.244 e. The average molecular weight is 257 g/mol. The summed E-state index contributed by atoms with van der Waals surface area (Å²) in [7, 11) is 1.70. The van der Waals surface area contributed by atoms with Crippen molar-refractivity contribution in [2.24, 2.45) is 11.1 Å². The average Bonchev–Trinajstić information content (AvgIpc) is 3.07. The maximum Gasteiger partial charge on any atom is 0.244 e. The molecule has 17 heavy (non-hydrogen) atoms. The second-order valence-electron chi connectivity index (χ2n) is 4.49. The van der Waals surface area contributed by atoms with E-state index in [1.165, 1.54) is 0 Å². The lowest BCUT2D eigenvalue weighted by Crippen LogP contribution is -2.49. The van der Waals surface area contributed by atoms with Crippen molar-refractivity contribution < 1.29 is 9.59 Å². The van der Waals surface area contributed by atoms with Crippen LogP contribution in [0.25, 0.3) is 0 Å². The molecule has 1 aliphatic carbocycles. The third-order valence-corrected chi connectivity index (χ3v) is 3.62. The van der Waals surface area contributed by atoms with E-state index >= 15 is 0 Å². The Morgan fingerprint density at radius 1 is 1.53 bits per heavy atom. The van der Waals surface area contributed by atoms with Gasteiger partial charge in [-0.05, 0) is 26.7 Å². The van der Waals surface area contributed by atoms with Gasteiger partial charge in [0.2, 0.25) is 11.8 Å². The van der Waals surface area contributed by atoms with Gasteiger partial charge in [0, 0.05) is 13.6 Å². The van der Waals surface area contributed by atoms with Gasteiger partial charge < -0.3 is 16.0 Å². The largest absolute Gasteiger partial charge is 0.392 e. The van der Waals surface area contributed by atoms with E-state index in [0.717, 1.165) is 0 Å². The van der Waals surface area contributed by atoms with Gasteiger partial charge in [-0.1, -0.05) is 12.2 Å². The molecule has 5 nitrogen and oxygen atoms in total. The van der Waals surface area contributed by atoms with E-state index in [1.807, 2.05) is 6.92 Å². The summed E-state index contributed by atoms with van der Waals surface area (Å²) in [6.07, 6.45) is 1.36. The molecule has 0 spiro atoms. The van der Waals surface area contributed by atoms with E-state index in [0.29, 0.717) is 19.4 Å². The van der Waals surface area contributed by atoms with Crippen molar-refractivity contribution >= 4 is 29.0 Å². The van der Waals surface area contributed by atoms with Crippen LogP contribution in [0.5, 0.6) is 0 Å². The first-order valence-corrected chi connectivity index (χ1v) is 6.12. The number of rotatable bonds is 5. The van der Waals surface area contributed by atoms with Gasteiger partial charge in [0.15, 0.2) is 0 Å². The zero-order valence-corrected chi connectivity index (χ0v) is 11.3. The number of thiocarbonyl (C=S) groups is 1. The molecule has 6 heteroatoms. The van der Waals surface area contributed by atoms with Crippen molar-refractivity contribution in [3.05, 3.63) is 0 Å². The first-order chi connectivity index (χ1) is 7.85. The van der Waals surface area contributed by atoms with Crippen LogP contribution in [-0.4, -0.2) is 41.3 Å². The minimum absolute atomic E-state index is 0.111. The third-order valence-electron chi connectivity index (χ3n) is 3.22. The Kier molecular flexibility index (Phi) is 4.08. The van der Waals surface area contributed by atoms with Crippen LogP contribution < -0.4 is 11.1 Å². The molecule has 1 rings (SSSR count). The van der Waals surface area contributed by atoms with Crippen LogP contribution in [0.15, 0.2) is 0 Å². The number of amides is 2. The summed E-state index contributed by atoms with van der Waals surface area (Å²) in [6.45, 7) is 4.16. The molecule has 0 aromatic heterocycles. The predicted octanol–water partition coefficient (Wildman–Crippen LogP) is 0.0357. The molecule has 0 aromatic rings. The lowest BCUT2D eigenvalue weighted by atomic mass is 10.1. The monoisotopic (exact) mass is 257 g/mol. The molecule has 96 valence electrons.